The zero-order valence-electron chi connectivity index (χ0n) is 18.4. The minimum atomic E-state index is -0.386. The molecule has 4 bridgehead atoms. The molecule has 4 aliphatic carbocycles. The molecular weight excluding hydrogens is 394 g/mol. The van der Waals surface area contributed by atoms with Crippen LogP contribution in [0.4, 0.5) is 5.82 Å². The number of nitrogens with one attached hydrogen (secondary N) is 1. The molecule has 4 fully saturated rings. The number of carbonyl (C=O) groups is 2. The second-order valence-corrected chi connectivity index (χ2v) is 9.86. The maximum absolute atomic E-state index is 13.0. The van der Waals surface area contributed by atoms with Gasteiger partial charge in [-0.1, -0.05) is 0 Å². The quantitative estimate of drug-likeness (QED) is 0.741. The average Bonchev–Trinajstić information content (AvgIpc) is 3.04. The first-order chi connectivity index (χ1) is 14.8. The van der Waals surface area contributed by atoms with Crippen molar-refractivity contribution in [2.45, 2.75) is 59.3 Å². The smallest absolute Gasteiger partial charge is 0.312 e. The fourth-order valence-corrected chi connectivity index (χ4v) is 6.37. The summed E-state index contributed by atoms with van der Waals surface area (Å²) in [6, 6.07) is 3.63. The maximum Gasteiger partial charge on any atom is 0.312 e. The number of aromatic nitrogens is 4. The highest BCUT2D eigenvalue weighted by molar-refractivity contribution is 5.92. The van der Waals surface area contributed by atoms with Gasteiger partial charge in [0, 0.05) is 17.5 Å². The minimum Gasteiger partial charge on any atom is -0.455 e. The fourth-order valence-electron chi connectivity index (χ4n) is 6.37. The van der Waals surface area contributed by atoms with E-state index in [2.05, 4.69) is 20.4 Å². The number of anilines is 1. The van der Waals surface area contributed by atoms with Gasteiger partial charge in [0.05, 0.1) is 11.1 Å². The van der Waals surface area contributed by atoms with E-state index in [0.29, 0.717) is 29.5 Å². The molecular formula is C23H29N5O3. The van der Waals surface area contributed by atoms with Crippen LogP contribution < -0.4 is 5.32 Å². The summed E-state index contributed by atoms with van der Waals surface area (Å²) in [6.45, 7) is 5.31. The Kier molecular flexibility index (Phi) is 4.83. The Morgan fingerprint density at radius 1 is 1.00 bits per heavy atom. The third kappa shape index (κ3) is 3.83. The summed E-state index contributed by atoms with van der Waals surface area (Å²) in [5, 5.41) is 7.21. The monoisotopic (exact) mass is 423 g/mol. The van der Waals surface area contributed by atoms with E-state index in [4.69, 9.17) is 4.74 Å². The van der Waals surface area contributed by atoms with Crippen LogP contribution in [0.2, 0.25) is 0 Å². The summed E-state index contributed by atoms with van der Waals surface area (Å²) in [6.07, 6.45) is 6.56. The van der Waals surface area contributed by atoms with E-state index in [1.165, 1.54) is 23.9 Å². The first kappa shape index (κ1) is 20.2. The lowest BCUT2D eigenvalue weighted by Crippen LogP contribution is -2.50. The van der Waals surface area contributed by atoms with E-state index in [0.717, 1.165) is 36.3 Å². The summed E-state index contributed by atoms with van der Waals surface area (Å²) < 4.78 is 7.05. The van der Waals surface area contributed by atoms with Gasteiger partial charge in [-0.15, -0.1) is 0 Å². The van der Waals surface area contributed by atoms with Crippen LogP contribution in [-0.4, -0.2) is 38.2 Å². The van der Waals surface area contributed by atoms with Crippen molar-refractivity contribution in [2.24, 2.45) is 23.2 Å². The van der Waals surface area contributed by atoms with Crippen LogP contribution in [0.15, 0.2) is 12.1 Å². The zero-order valence-corrected chi connectivity index (χ0v) is 18.4. The molecule has 0 aliphatic heterocycles. The highest BCUT2D eigenvalue weighted by Gasteiger charge is 2.55. The molecule has 0 atom stereocenters. The lowest BCUT2D eigenvalue weighted by atomic mass is 9.49. The highest BCUT2D eigenvalue weighted by atomic mass is 16.5. The van der Waals surface area contributed by atoms with Gasteiger partial charge < -0.3 is 10.1 Å². The third-order valence-corrected chi connectivity index (χ3v) is 7.06. The number of rotatable bonds is 5. The lowest BCUT2D eigenvalue weighted by Gasteiger charge is -2.55. The third-order valence-electron chi connectivity index (χ3n) is 7.06. The predicted molar refractivity (Wildman–Crippen MR) is 114 cm³/mol. The van der Waals surface area contributed by atoms with Crippen molar-refractivity contribution in [2.75, 3.05) is 11.9 Å². The number of hydrogen-bond donors (Lipinski definition) is 1. The Morgan fingerprint density at radius 2 is 1.58 bits per heavy atom. The van der Waals surface area contributed by atoms with E-state index in [9.17, 15) is 9.59 Å². The molecule has 0 radical (unpaired) electrons. The standard InChI is InChI=1S/C23H29N5O3/c1-13-4-14(2)25-22(24-13)28-19(5-15(3)27-28)26-20(29)12-31-21(30)23-9-16-6-17(10-23)8-18(7-16)11-23/h4-5,16-18H,6-12H2,1-3H3,(H,26,29). The molecule has 0 spiro atoms. The molecule has 4 aliphatic rings. The number of ether oxygens (including phenoxy) is 1. The van der Waals surface area contributed by atoms with Crippen molar-refractivity contribution in [1.82, 2.24) is 19.7 Å². The number of amides is 1. The number of hydrogen-bond acceptors (Lipinski definition) is 6. The number of esters is 1. The molecule has 6 rings (SSSR count). The van der Waals surface area contributed by atoms with Gasteiger partial charge in [0.1, 0.15) is 5.82 Å². The van der Waals surface area contributed by atoms with E-state index in [1.807, 2.05) is 26.8 Å². The largest absolute Gasteiger partial charge is 0.455 e. The van der Waals surface area contributed by atoms with Gasteiger partial charge >= 0.3 is 5.97 Å². The van der Waals surface area contributed by atoms with Crippen molar-refractivity contribution in [3.05, 3.63) is 29.2 Å². The van der Waals surface area contributed by atoms with Crippen molar-refractivity contribution >= 4 is 17.7 Å². The molecule has 2 aromatic heterocycles. The first-order valence-corrected chi connectivity index (χ1v) is 11.2. The summed E-state index contributed by atoms with van der Waals surface area (Å²) in [5.74, 6) is 2.24. The normalized spacial score (nSPS) is 28.5. The molecule has 4 saturated carbocycles. The summed E-state index contributed by atoms with van der Waals surface area (Å²) >= 11 is 0. The Labute approximate surface area is 181 Å². The summed E-state index contributed by atoms with van der Waals surface area (Å²) in [7, 11) is 0. The molecule has 31 heavy (non-hydrogen) atoms. The Morgan fingerprint density at radius 3 is 2.16 bits per heavy atom. The maximum atomic E-state index is 13.0. The van der Waals surface area contributed by atoms with Gasteiger partial charge in [-0.25, -0.2) is 9.97 Å². The van der Waals surface area contributed by atoms with Crippen molar-refractivity contribution in [3.8, 4) is 5.95 Å². The van der Waals surface area contributed by atoms with E-state index in [1.54, 1.807) is 6.07 Å². The van der Waals surface area contributed by atoms with Crippen LogP contribution in [0, 0.1) is 43.9 Å². The van der Waals surface area contributed by atoms with Crippen LogP contribution in [0.25, 0.3) is 5.95 Å². The molecule has 1 N–H and O–H groups in total. The van der Waals surface area contributed by atoms with Crippen LogP contribution in [-0.2, 0) is 14.3 Å². The minimum absolute atomic E-state index is 0.191. The fraction of sp³-hybridized carbons (Fsp3) is 0.609. The van der Waals surface area contributed by atoms with Gasteiger partial charge in [-0.3, -0.25) is 9.59 Å². The second-order valence-electron chi connectivity index (χ2n) is 9.86. The van der Waals surface area contributed by atoms with E-state index >= 15 is 0 Å². The average molecular weight is 424 g/mol. The molecule has 0 aromatic carbocycles. The zero-order chi connectivity index (χ0) is 21.8. The molecule has 8 nitrogen and oxygen atoms in total. The van der Waals surface area contributed by atoms with Crippen LogP contribution >= 0.6 is 0 Å². The Bertz CT molecular complexity index is 988. The summed E-state index contributed by atoms with van der Waals surface area (Å²) in [4.78, 5) is 34.4. The predicted octanol–water partition coefficient (Wildman–Crippen LogP) is 3.29. The van der Waals surface area contributed by atoms with Crippen molar-refractivity contribution in [3.63, 3.8) is 0 Å². The van der Waals surface area contributed by atoms with Crippen LogP contribution in [0.1, 0.15) is 55.6 Å². The van der Waals surface area contributed by atoms with Crippen LogP contribution in [0.3, 0.4) is 0 Å². The molecule has 0 unspecified atom stereocenters. The van der Waals surface area contributed by atoms with Crippen molar-refractivity contribution in [1.29, 1.82) is 0 Å². The Hall–Kier alpha value is -2.77. The molecule has 8 heteroatoms. The molecule has 0 saturated heterocycles. The second kappa shape index (κ2) is 7.43. The van der Waals surface area contributed by atoms with Gasteiger partial charge in [0.2, 0.25) is 0 Å². The Balaban J connectivity index is 1.25. The highest BCUT2D eigenvalue weighted by Crippen LogP contribution is 2.60. The molecule has 2 heterocycles. The lowest BCUT2D eigenvalue weighted by molar-refractivity contribution is -0.172. The summed E-state index contributed by atoms with van der Waals surface area (Å²) in [5.41, 5.74) is 2.00. The van der Waals surface area contributed by atoms with E-state index < -0.39 is 0 Å². The topological polar surface area (TPSA) is 99.0 Å². The van der Waals surface area contributed by atoms with Gasteiger partial charge in [0.25, 0.3) is 11.9 Å². The molecule has 164 valence electrons. The van der Waals surface area contributed by atoms with Gasteiger partial charge in [-0.05, 0) is 83.1 Å². The molecule has 2 aromatic rings. The number of nitrogens with zero attached hydrogens (tertiary/aromatic N) is 4. The first-order valence-electron chi connectivity index (χ1n) is 11.2. The van der Waals surface area contributed by atoms with E-state index in [-0.39, 0.29) is 23.9 Å². The SMILES string of the molecule is Cc1cc(C)nc(-n2nc(C)cc2NC(=O)COC(=O)C23CC4CC(CC(C4)C2)C3)n1. The van der Waals surface area contributed by atoms with Crippen molar-refractivity contribution < 1.29 is 14.3 Å². The van der Waals surface area contributed by atoms with Gasteiger partial charge in [0.15, 0.2) is 6.61 Å². The number of carbonyl (C=O) groups excluding carboxylic acids is 2. The van der Waals surface area contributed by atoms with Crippen LogP contribution in [0.5, 0.6) is 0 Å². The van der Waals surface area contributed by atoms with Gasteiger partial charge in [-0.2, -0.15) is 9.78 Å². The molecule has 1 amide bonds. The number of aryl methyl sites for hydroxylation is 3.